The molecule has 0 bridgehead atoms. The van der Waals surface area contributed by atoms with E-state index in [1.54, 1.807) is 0 Å². The molecule has 0 spiro atoms. The lowest BCUT2D eigenvalue weighted by atomic mass is 9.49. The molecule has 1 atom stereocenters. The molecule has 0 amide bonds. The number of hydrogen-bond donors (Lipinski definition) is 0. The van der Waals surface area contributed by atoms with Crippen molar-refractivity contribution < 1.29 is 0 Å². The molecule has 0 N–H and O–H groups in total. The minimum atomic E-state index is -0.865. The van der Waals surface area contributed by atoms with Gasteiger partial charge in [-0.15, -0.1) is 0 Å². The van der Waals surface area contributed by atoms with Crippen LogP contribution in [0.15, 0.2) is 139 Å². The number of fused-ring (bicyclic) bond motifs is 1. The van der Waals surface area contributed by atoms with Gasteiger partial charge in [0.25, 0.3) is 0 Å². The van der Waals surface area contributed by atoms with Crippen LogP contribution in [-0.4, -0.2) is 3.23 Å². The van der Waals surface area contributed by atoms with E-state index in [0.717, 1.165) is 51.3 Å². The predicted molar refractivity (Wildman–Crippen MR) is 204 cm³/mol. The summed E-state index contributed by atoms with van der Waals surface area (Å²) in [6.07, 6.45) is 0. The van der Waals surface area contributed by atoms with Gasteiger partial charge >= 0.3 is 0 Å². The van der Waals surface area contributed by atoms with Crippen LogP contribution < -0.4 is 0 Å². The van der Waals surface area contributed by atoms with Crippen LogP contribution in [0, 0.1) is 0 Å². The summed E-state index contributed by atoms with van der Waals surface area (Å²) in [5.74, 6) is 0. The van der Waals surface area contributed by atoms with Gasteiger partial charge in [-0.1, -0.05) is 185 Å². The van der Waals surface area contributed by atoms with E-state index in [9.17, 15) is 0 Å². The smallest absolute Gasteiger partial charge is 0.0684 e. The molecular weight excluding hydrogens is 1050 g/mol. The summed E-state index contributed by atoms with van der Waals surface area (Å²) in [7, 11) is 0. The molecule has 8 heteroatoms. The number of rotatable bonds is 5. The van der Waals surface area contributed by atoms with Crippen molar-refractivity contribution in [1.29, 1.82) is 0 Å². The maximum Gasteiger partial charge on any atom is 0.133 e. The molecule has 0 aliphatic heterocycles. The van der Waals surface area contributed by atoms with Crippen molar-refractivity contribution in [2.24, 2.45) is 0 Å². The van der Waals surface area contributed by atoms with Crippen LogP contribution in [0.4, 0.5) is 0 Å². The summed E-state index contributed by atoms with van der Waals surface area (Å²) in [6.45, 7) is 0. The first-order chi connectivity index (χ1) is 20.1. The molecule has 6 rings (SSSR count). The summed E-state index contributed by atoms with van der Waals surface area (Å²) in [6, 6.07) is 43.3. The minimum Gasteiger partial charge on any atom is -0.0684 e. The maximum atomic E-state index is 4.40. The molecule has 5 aromatic carbocycles. The average Bonchev–Trinajstić information content (AvgIpc) is 3.16. The SMILES string of the molecule is Brc1c(Br)c(Br)c2c(c1Br)C(Br)(Br)C(Br)(Br)C2(c1ccccc1)C(c1ccccc1)(c1ccccc1)c1ccccc1. The molecule has 0 fully saturated rings. The Morgan fingerprint density at radius 2 is 0.738 bits per heavy atom. The van der Waals surface area contributed by atoms with Gasteiger partial charge in [0.15, 0.2) is 0 Å². The Morgan fingerprint density at radius 3 is 1.12 bits per heavy atom. The van der Waals surface area contributed by atoms with Crippen LogP contribution in [0.1, 0.15) is 33.4 Å². The second kappa shape index (κ2) is 11.9. The van der Waals surface area contributed by atoms with Gasteiger partial charge in [-0.25, -0.2) is 0 Å². The van der Waals surface area contributed by atoms with Gasteiger partial charge in [-0.05, 0) is 91.5 Å². The van der Waals surface area contributed by atoms with Crippen molar-refractivity contribution in [3.8, 4) is 0 Å². The Kier molecular flexibility index (Phi) is 9.07. The third-order valence-corrected chi connectivity index (χ3v) is 19.5. The first kappa shape index (κ1) is 31.9. The molecule has 1 unspecified atom stereocenters. The monoisotopic (exact) mass is 1060 g/mol. The van der Waals surface area contributed by atoms with Crippen LogP contribution in [0.25, 0.3) is 0 Å². The maximum absolute atomic E-state index is 4.40. The van der Waals surface area contributed by atoms with Gasteiger partial charge in [0, 0.05) is 23.5 Å². The summed E-state index contributed by atoms with van der Waals surface area (Å²) >= 11 is 33.2. The number of hydrogen-bond acceptors (Lipinski definition) is 0. The lowest BCUT2D eigenvalue weighted by molar-refractivity contribution is 0.349. The van der Waals surface area contributed by atoms with Crippen molar-refractivity contribution in [1.82, 2.24) is 0 Å². The fourth-order valence-electron chi connectivity index (χ4n) is 6.70. The highest BCUT2D eigenvalue weighted by Gasteiger charge is 2.76. The number of benzene rings is 5. The Bertz CT molecular complexity index is 1660. The fraction of sp³-hybridized carbons (Fsp3) is 0.118. The van der Waals surface area contributed by atoms with Gasteiger partial charge in [0.05, 0.1) is 10.8 Å². The molecule has 1 aliphatic rings. The van der Waals surface area contributed by atoms with Gasteiger partial charge < -0.3 is 0 Å². The second-order valence-corrected chi connectivity index (χ2v) is 20.2. The van der Waals surface area contributed by atoms with Crippen LogP contribution in [-0.2, 0) is 14.1 Å². The largest absolute Gasteiger partial charge is 0.133 e. The zero-order chi connectivity index (χ0) is 29.9. The first-order valence-corrected chi connectivity index (χ1v) is 19.2. The molecule has 42 heavy (non-hydrogen) atoms. The van der Waals surface area contributed by atoms with Crippen LogP contribution >= 0.6 is 127 Å². The Balaban J connectivity index is 2.02. The van der Waals surface area contributed by atoms with Crippen LogP contribution in [0.3, 0.4) is 0 Å². The number of halogens is 8. The topological polar surface area (TPSA) is 0 Å². The van der Waals surface area contributed by atoms with Gasteiger partial charge in [0.2, 0.25) is 0 Å². The van der Waals surface area contributed by atoms with E-state index in [1.807, 2.05) is 0 Å². The molecule has 0 nitrogen and oxygen atoms in total. The van der Waals surface area contributed by atoms with Crippen molar-refractivity contribution in [3.63, 3.8) is 0 Å². The summed E-state index contributed by atoms with van der Waals surface area (Å²) in [5.41, 5.74) is 5.11. The standard InChI is InChI=1S/C34H20Br8/c35-27-25-26(28(36)30(38)29(27)37)33(39,40)34(41,42)32(25,24-19-11-4-12-20-24)31(21-13-5-1-6-14-21,22-15-7-2-8-16-22)23-17-9-3-10-18-23/h1-20H. The third-order valence-electron chi connectivity index (χ3n) is 8.21. The third kappa shape index (κ3) is 4.28. The molecule has 0 saturated heterocycles. The molecule has 0 aromatic heterocycles. The highest BCUT2D eigenvalue weighted by molar-refractivity contribution is 9.30. The van der Waals surface area contributed by atoms with E-state index in [0.29, 0.717) is 0 Å². The molecule has 0 radical (unpaired) electrons. The van der Waals surface area contributed by atoms with E-state index >= 15 is 0 Å². The summed E-state index contributed by atoms with van der Waals surface area (Å²) in [4.78, 5) is 0. The van der Waals surface area contributed by atoms with Crippen molar-refractivity contribution in [2.45, 2.75) is 17.3 Å². The fourth-order valence-corrected chi connectivity index (χ4v) is 13.2. The second-order valence-electron chi connectivity index (χ2n) is 10.1. The Hall–Kier alpha value is -0.0600. The first-order valence-electron chi connectivity index (χ1n) is 12.9. The normalized spacial score (nSPS) is 19.0. The molecule has 5 aromatic rings. The van der Waals surface area contributed by atoms with E-state index < -0.39 is 17.3 Å². The lowest BCUT2D eigenvalue weighted by Gasteiger charge is -2.57. The minimum absolute atomic E-state index is 0.779. The van der Waals surface area contributed by atoms with Crippen molar-refractivity contribution in [3.05, 3.63) is 173 Å². The number of alkyl halides is 4. The zero-order valence-corrected chi connectivity index (χ0v) is 34.3. The summed E-state index contributed by atoms with van der Waals surface area (Å²) in [5, 5.41) is 0. The highest BCUT2D eigenvalue weighted by atomic mass is 79.9. The van der Waals surface area contributed by atoms with E-state index in [2.05, 4.69) is 249 Å². The molecule has 212 valence electrons. The van der Waals surface area contributed by atoms with Gasteiger partial charge in [0.1, 0.15) is 6.47 Å². The van der Waals surface area contributed by atoms with Crippen LogP contribution in [0.5, 0.6) is 0 Å². The summed E-state index contributed by atoms with van der Waals surface area (Å²) < 4.78 is 2.06. The highest BCUT2D eigenvalue weighted by Crippen LogP contribution is 2.79. The lowest BCUT2D eigenvalue weighted by Crippen LogP contribution is -2.60. The molecule has 0 saturated carbocycles. The van der Waals surface area contributed by atoms with Gasteiger partial charge in [-0.2, -0.15) is 0 Å². The van der Waals surface area contributed by atoms with E-state index in [4.69, 9.17) is 0 Å². The quantitative estimate of drug-likeness (QED) is 0.0712. The van der Waals surface area contributed by atoms with Crippen LogP contribution in [0.2, 0.25) is 0 Å². The predicted octanol–water partition coefficient (Wildman–Crippen LogP) is 13.5. The Labute approximate surface area is 313 Å². The van der Waals surface area contributed by atoms with E-state index in [1.165, 1.54) is 0 Å². The van der Waals surface area contributed by atoms with Gasteiger partial charge in [-0.3, -0.25) is 0 Å². The molecule has 0 heterocycles. The van der Waals surface area contributed by atoms with E-state index in [-0.39, 0.29) is 0 Å². The Morgan fingerprint density at radius 1 is 0.405 bits per heavy atom. The average molecular weight is 1070 g/mol. The zero-order valence-electron chi connectivity index (χ0n) is 21.6. The molecule has 1 aliphatic carbocycles. The molecular formula is C34H20Br8. The van der Waals surface area contributed by atoms with Crippen molar-refractivity contribution >= 4 is 127 Å². The van der Waals surface area contributed by atoms with Crippen molar-refractivity contribution in [2.75, 3.05) is 0 Å².